The van der Waals surface area contributed by atoms with Crippen molar-refractivity contribution in [2.24, 2.45) is 0 Å². The number of thiophene rings is 1. The molecular weight excluding hydrogens is 266 g/mol. The predicted octanol–water partition coefficient (Wildman–Crippen LogP) is 4.46. The van der Waals surface area contributed by atoms with Crippen LogP contribution in [0.5, 0.6) is 0 Å². The molecule has 0 saturated heterocycles. The van der Waals surface area contributed by atoms with Crippen LogP contribution in [0.3, 0.4) is 0 Å². The van der Waals surface area contributed by atoms with Gasteiger partial charge in [-0.25, -0.2) is 0 Å². The Hall–Kier alpha value is -2.00. The molecule has 0 spiro atoms. The molecule has 0 bridgehead atoms. The first-order valence-electron chi connectivity index (χ1n) is 6.66. The van der Waals surface area contributed by atoms with Crippen molar-refractivity contribution in [3.05, 3.63) is 70.7 Å². The minimum absolute atomic E-state index is 0.578. The fourth-order valence-corrected chi connectivity index (χ4v) is 2.91. The molecule has 3 rings (SSSR count). The summed E-state index contributed by atoms with van der Waals surface area (Å²) < 4.78 is 1.95. The van der Waals surface area contributed by atoms with E-state index < -0.39 is 0 Å². The normalized spacial score (nSPS) is 10.7. The van der Waals surface area contributed by atoms with E-state index in [4.69, 9.17) is 4.84 Å². The molecule has 0 atom stereocenters. The molecule has 0 amide bonds. The average Bonchev–Trinajstić information content (AvgIpc) is 3.08. The van der Waals surface area contributed by atoms with Crippen LogP contribution in [-0.4, -0.2) is 4.73 Å². The molecule has 3 aromatic rings. The number of hydrogen-bond donors (Lipinski definition) is 0. The van der Waals surface area contributed by atoms with Gasteiger partial charge in [-0.2, -0.15) is 4.73 Å². The molecule has 3 heteroatoms. The monoisotopic (exact) mass is 283 g/mol. The lowest BCUT2D eigenvalue weighted by atomic mass is 10.2. The highest BCUT2D eigenvalue weighted by Gasteiger charge is 2.12. The van der Waals surface area contributed by atoms with E-state index in [2.05, 4.69) is 49.6 Å². The molecule has 2 aromatic heterocycles. The predicted molar refractivity (Wildman–Crippen MR) is 83.9 cm³/mol. The fourth-order valence-electron chi connectivity index (χ4n) is 2.18. The third kappa shape index (κ3) is 2.49. The smallest absolute Gasteiger partial charge is 0.140 e. The molecule has 0 fully saturated rings. The van der Waals surface area contributed by atoms with Gasteiger partial charge in [0.1, 0.15) is 6.61 Å². The van der Waals surface area contributed by atoms with Gasteiger partial charge in [-0.05, 0) is 42.5 Å². The van der Waals surface area contributed by atoms with E-state index in [0.717, 1.165) is 11.4 Å². The zero-order chi connectivity index (χ0) is 13.9. The first-order valence-corrected chi connectivity index (χ1v) is 7.53. The Morgan fingerprint density at radius 2 is 1.85 bits per heavy atom. The van der Waals surface area contributed by atoms with Crippen molar-refractivity contribution in [2.75, 3.05) is 0 Å². The zero-order valence-corrected chi connectivity index (χ0v) is 12.5. The minimum Gasteiger partial charge on any atom is -0.409 e. The molecule has 0 saturated carbocycles. The maximum Gasteiger partial charge on any atom is 0.140 e. The van der Waals surface area contributed by atoms with Crippen molar-refractivity contribution in [1.82, 2.24) is 4.73 Å². The maximum atomic E-state index is 6.02. The summed E-state index contributed by atoms with van der Waals surface area (Å²) in [6, 6.07) is 16.6. The maximum absolute atomic E-state index is 6.02. The van der Waals surface area contributed by atoms with Gasteiger partial charge in [0.05, 0.1) is 16.3 Å². The number of rotatable bonds is 4. The van der Waals surface area contributed by atoms with Crippen molar-refractivity contribution in [1.29, 1.82) is 0 Å². The van der Waals surface area contributed by atoms with Crippen molar-refractivity contribution in [3.63, 3.8) is 0 Å². The van der Waals surface area contributed by atoms with Crippen LogP contribution in [0.25, 0.3) is 10.6 Å². The van der Waals surface area contributed by atoms with Crippen LogP contribution in [0.15, 0.2) is 53.9 Å². The molecule has 20 heavy (non-hydrogen) atoms. The third-order valence-corrected chi connectivity index (χ3v) is 4.32. The van der Waals surface area contributed by atoms with Gasteiger partial charge < -0.3 is 4.84 Å². The van der Waals surface area contributed by atoms with Gasteiger partial charge in [-0.3, -0.25) is 0 Å². The van der Waals surface area contributed by atoms with Gasteiger partial charge in [-0.15, -0.1) is 11.3 Å². The topological polar surface area (TPSA) is 14.2 Å². The molecule has 0 radical (unpaired) electrons. The highest BCUT2D eigenvalue weighted by atomic mass is 32.1. The van der Waals surface area contributed by atoms with Crippen molar-refractivity contribution >= 4 is 11.3 Å². The van der Waals surface area contributed by atoms with E-state index in [1.807, 2.05) is 22.9 Å². The standard InChI is InChI=1S/C17H17NOS/c1-13-11-16(17-9-6-10-20-17)18(14(13)2)19-12-15-7-4-3-5-8-15/h3-11H,12H2,1-2H3. The molecule has 0 N–H and O–H groups in total. The average molecular weight is 283 g/mol. The van der Waals surface area contributed by atoms with Crippen LogP contribution < -0.4 is 4.84 Å². The SMILES string of the molecule is Cc1cc(-c2cccs2)n(OCc2ccccc2)c1C. The highest BCUT2D eigenvalue weighted by molar-refractivity contribution is 7.13. The number of benzene rings is 1. The lowest BCUT2D eigenvalue weighted by molar-refractivity contribution is 0.0972. The number of aryl methyl sites for hydroxylation is 1. The Morgan fingerprint density at radius 3 is 2.55 bits per heavy atom. The second kappa shape index (κ2) is 5.55. The Labute approximate surface area is 123 Å². The summed E-state index contributed by atoms with van der Waals surface area (Å²) >= 11 is 1.73. The van der Waals surface area contributed by atoms with E-state index in [1.54, 1.807) is 11.3 Å². The van der Waals surface area contributed by atoms with Crippen LogP contribution >= 0.6 is 11.3 Å². The van der Waals surface area contributed by atoms with E-state index in [9.17, 15) is 0 Å². The van der Waals surface area contributed by atoms with Crippen LogP contribution in [0, 0.1) is 13.8 Å². The molecule has 1 aromatic carbocycles. The van der Waals surface area contributed by atoms with Gasteiger partial charge in [0.2, 0.25) is 0 Å². The second-order valence-electron chi connectivity index (χ2n) is 4.83. The lowest BCUT2D eigenvalue weighted by Gasteiger charge is -2.12. The summed E-state index contributed by atoms with van der Waals surface area (Å²) in [5, 5.41) is 2.09. The Kier molecular flexibility index (Phi) is 3.61. The molecule has 0 aliphatic rings. The Balaban J connectivity index is 1.89. The lowest BCUT2D eigenvalue weighted by Crippen LogP contribution is -2.13. The summed E-state index contributed by atoms with van der Waals surface area (Å²) in [6.45, 7) is 4.79. The van der Waals surface area contributed by atoms with Crippen LogP contribution in [0.2, 0.25) is 0 Å². The van der Waals surface area contributed by atoms with Crippen molar-refractivity contribution in [3.8, 4) is 10.6 Å². The van der Waals surface area contributed by atoms with Gasteiger partial charge >= 0.3 is 0 Å². The fraction of sp³-hybridized carbons (Fsp3) is 0.176. The Bertz CT molecular complexity index is 683. The summed E-state index contributed by atoms with van der Waals surface area (Å²) in [4.78, 5) is 7.25. The van der Waals surface area contributed by atoms with Crippen molar-refractivity contribution < 1.29 is 4.84 Å². The number of hydrogen-bond acceptors (Lipinski definition) is 2. The molecule has 102 valence electrons. The van der Waals surface area contributed by atoms with Gasteiger partial charge in [0, 0.05) is 0 Å². The summed E-state index contributed by atoms with van der Waals surface area (Å²) in [7, 11) is 0. The number of nitrogens with zero attached hydrogens (tertiary/aromatic N) is 1. The van der Waals surface area contributed by atoms with Gasteiger partial charge in [0.25, 0.3) is 0 Å². The molecule has 0 aliphatic carbocycles. The number of aromatic nitrogens is 1. The highest BCUT2D eigenvalue weighted by Crippen LogP contribution is 2.28. The summed E-state index contributed by atoms with van der Waals surface area (Å²) in [6.07, 6.45) is 0. The molecule has 2 heterocycles. The molecular formula is C17H17NOS. The minimum atomic E-state index is 0.578. The van der Waals surface area contributed by atoms with Crippen LogP contribution in [0.1, 0.15) is 16.8 Å². The quantitative estimate of drug-likeness (QED) is 0.689. The van der Waals surface area contributed by atoms with E-state index in [1.165, 1.54) is 16.0 Å². The summed E-state index contributed by atoms with van der Waals surface area (Å²) in [5.41, 5.74) is 4.71. The Morgan fingerprint density at radius 1 is 1.05 bits per heavy atom. The molecule has 0 unspecified atom stereocenters. The van der Waals surface area contributed by atoms with Crippen LogP contribution in [0.4, 0.5) is 0 Å². The summed E-state index contributed by atoms with van der Waals surface area (Å²) in [5.74, 6) is 0. The van der Waals surface area contributed by atoms with E-state index in [0.29, 0.717) is 6.61 Å². The molecule has 2 nitrogen and oxygen atoms in total. The zero-order valence-electron chi connectivity index (χ0n) is 11.7. The largest absolute Gasteiger partial charge is 0.409 e. The second-order valence-corrected chi connectivity index (χ2v) is 5.78. The van der Waals surface area contributed by atoms with Gasteiger partial charge in [-0.1, -0.05) is 36.4 Å². The van der Waals surface area contributed by atoms with Crippen LogP contribution in [-0.2, 0) is 6.61 Å². The van der Waals surface area contributed by atoms with Gasteiger partial charge in [0.15, 0.2) is 0 Å². The van der Waals surface area contributed by atoms with E-state index in [-0.39, 0.29) is 0 Å². The first kappa shape index (κ1) is 13.0. The van der Waals surface area contributed by atoms with Crippen molar-refractivity contribution in [2.45, 2.75) is 20.5 Å². The first-order chi connectivity index (χ1) is 9.75. The van der Waals surface area contributed by atoms with E-state index >= 15 is 0 Å². The third-order valence-electron chi connectivity index (χ3n) is 3.42. The molecule has 0 aliphatic heterocycles.